The van der Waals surface area contributed by atoms with E-state index in [-0.39, 0.29) is 12.4 Å². The fraction of sp³-hybridized carbons (Fsp3) is 0.158. The number of hydrogen-bond donors (Lipinski definition) is 1. The van der Waals surface area contributed by atoms with Gasteiger partial charge in [-0.25, -0.2) is 4.98 Å². The summed E-state index contributed by atoms with van der Waals surface area (Å²) in [5.41, 5.74) is 3.23. The van der Waals surface area contributed by atoms with Gasteiger partial charge < -0.3 is 19.2 Å². The maximum atomic E-state index is 11.6. The van der Waals surface area contributed by atoms with Gasteiger partial charge in [-0.1, -0.05) is 24.3 Å². The second kappa shape index (κ2) is 5.98. The highest BCUT2D eigenvalue weighted by molar-refractivity contribution is 5.76. The second-order valence-electron chi connectivity index (χ2n) is 5.72. The van der Waals surface area contributed by atoms with Gasteiger partial charge in [-0.2, -0.15) is 0 Å². The Morgan fingerprint density at radius 2 is 1.72 bits per heavy atom. The topological polar surface area (TPSA) is 73.4 Å². The number of aromatic amines is 1. The summed E-state index contributed by atoms with van der Waals surface area (Å²) in [5.74, 6) is 2.64. The number of fused-ring (bicyclic) bond motifs is 1. The molecule has 1 aliphatic rings. The molecule has 0 spiro atoms. The van der Waals surface area contributed by atoms with Crippen molar-refractivity contribution in [3.8, 4) is 39.8 Å². The molecule has 1 aromatic heterocycles. The van der Waals surface area contributed by atoms with E-state index in [0.29, 0.717) is 28.8 Å². The lowest BCUT2D eigenvalue weighted by atomic mass is 10.0. The average Bonchev–Trinajstić information content (AvgIpc) is 3.07. The third-order valence-electron chi connectivity index (χ3n) is 4.03. The Labute approximate surface area is 144 Å². The van der Waals surface area contributed by atoms with E-state index in [4.69, 9.17) is 14.2 Å². The van der Waals surface area contributed by atoms with Crippen LogP contribution in [0.3, 0.4) is 0 Å². The van der Waals surface area contributed by atoms with E-state index < -0.39 is 0 Å². The molecule has 0 radical (unpaired) electrons. The zero-order chi connectivity index (χ0) is 17.4. The largest absolute Gasteiger partial charge is 0.496 e. The van der Waals surface area contributed by atoms with Crippen LogP contribution in [0.15, 0.2) is 47.3 Å². The van der Waals surface area contributed by atoms with Crippen LogP contribution in [0.2, 0.25) is 0 Å². The van der Waals surface area contributed by atoms with Crippen LogP contribution < -0.4 is 19.8 Å². The van der Waals surface area contributed by atoms with Crippen LogP contribution in [0.1, 0.15) is 5.69 Å². The predicted octanol–water partition coefficient (Wildman–Crippen LogP) is 3.15. The molecule has 2 aromatic carbocycles. The number of H-pyrrole nitrogens is 1. The van der Waals surface area contributed by atoms with E-state index in [1.807, 2.05) is 36.4 Å². The maximum Gasteiger partial charge on any atom is 0.251 e. The maximum absolute atomic E-state index is 11.6. The molecule has 6 nitrogen and oxygen atoms in total. The zero-order valence-corrected chi connectivity index (χ0v) is 13.8. The Kier molecular flexibility index (Phi) is 3.65. The van der Waals surface area contributed by atoms with Crippen LogP contribution in [-0.2, 0) is 0 Å². The Morgan fingerprint density at radius 3 is 2.40 bits per heavy atom. The lowest BCUT2D eigenvalue weighted by Gasteiger charge is -2.11. The molecule has 0 atom stereocenters. The number of nitrogens with zero attached hydrogens (tertiary/aromatic N) is 1. The minimum Gasteiger partial charge on any atom is -0.496 e. The second-order valence-corrected chi connectivity index (χ2v) is 5.72. The Morgan fingerprint density at radius 1 is 1.04 bits per heavy atom. The summed E-state index contributed by atoms with van der Waals surface area (Å²) < 4.78 is 16.3. The first-order valence-electron chi connectivity index (χ1n) is 7.80. The summed E-state index contributed by atoms with van der Waals surface area (Å²) >= 11 is 0. The third-order valence-corrected chi connectivity index (χ3v) is 4.03. The molecule has 2 heterocycles. The van der Waals surface area contributed by atoms with Crippen LogP contribution in [-0.4, -0.2) is 23.9 Å². The monoisotopic (exact) mass is 336 g/mol. The Bertz CT molecular complexity index is 993. The molecule has 0 unspecified atom stereocenters. The minimum absolute atomic E-state index is 0.163. The lowest BCUT2D eigenvalue weighted by Crippen LogP contribution is -2.08. The molecule has 1 N–H and O–H groups in total. The summed E-state index contributed by atoms with van der Waals surface area (Å²) in [7, 11) is 1.62. The lowest BCUT2D eigenvalue weighted by molar-refractivity contribution is 0.174. The third kappa shape index (κ3) is 2.82. The quantitative estimate of drug-likeness (QED) is 0.795. The first-order chi connectivity index (χ1) is 12.1. The summed E-state index contributed by atoms with van der Waals surface area (Å²) in [5, 5.41) is 0. The number of hydrogen-bond acceptors (Lipinski definition) is 5. The number of aryl methyl sites for hydroxylation is 1. The van der Waals surface area contributed by atoms with Gasteiger partial charge in [0.05, 0.1) is 7.11 Å². The van der Waals surface area contributed by atoms with Gasteiger partial charge in [0.25, 0.3) is 5.56 Å². The molecule has 0 fully saturated rings. The standard InChI is InChI=1S/C19H16N2O4/c1-11-7-18(22)21-19(20-11)13-5-3-12(4-6-13)14-8-16-17(25-10-24-16)9-15(14)23-2/h3-9H,10H2,1-2H3,(H,20,21,22). The SMILES string of the molecule is COc1cc2c(cc1-c1ccc(-c3nc(C)cc(=O)[nH]3)cc1)OCO2. The number of aromatic nitrogens is 2. The molecule has 0 amide bonds. The van der Waals surface area contributed by atoms with Gasteiger partial charge in [-0.05, 0) is 18.6 Å². The van der Waals surface area contributed by atoms with E-state index in [0.717, 1.165) is 16.7 Å². The van der Waals surface area contributed by atoms with Crippen molar-refractivity contribution in [3.05, 3.63) is 58.5 Å². The van der Waals surface area contributed by atoms with Crippen molar-refractivity contribution >= 4 is 0 Å². The molecule has 126 valence electrons. The first kappa shape index (κ1) is 15.3. The number of ether oxygens (including phenoxy) is 3. The Balaban J connectivity index is 1.74. The van der Waals surface area contributed by atoms with E-state index in [1.165, 1.54) is 6.07 Å². The van der Waals surface area contributed by atoms with E-state index >= 15 is 0 Å². The van der Waals surface area contributed by atoms with Crippen molar-refractivity contribution in [1.82, 2.24) is 9.97 Å². The van der Waals surface area contributed by atoms with Crippen molar-refractivity contribution in [2.75, 3.05) is 13.9 Å². The zero-order valence-electron chi connectivity index (χ0n) is 13.8. The van der Waals surface area contributed by atoms with Gasteiger partial charge in [0, 0.05) is 29.0 Å². The predicted molar refractivity (Wildman–Crippen MR) is 93.1 cm³/mol. The summed E-state index contributed by atoms with van der Waals surface area (Å²) in [6.07, 6.45) is 0. The summed E-state index contributed by atoms with van der Waals surface area (Å²) in [6, 6.07) is 12.9. The normalized spacial score (nSPS) is 12.2. The van der Waals surface area contributed by atoms with Gasteiger partial charge in [-0.3, -0.25) is 4.79 Å². The molecule has 0 saturated heterocycles. The molecular weight excluding hydrogens is 320 g/mol. The molecule has 25 heavy (non-hydrogen) atoms. The summed E-state index contributed by atoms with van der Waals surface area (Å²) in [6.45, 7) is 2.01. The van der Waals surface area contributed by atoms with Crippen LogP contribution in [0, 0.1) is 6.92 Å². The van der Waals surface area contributed by atoms with Crippen molar-refractivity contribution in [1.29, 1.82) is 0 Å². The van der Waals surface area contributed by atoms with Crippen LogP contribution in [0.5, 0.6) is 17.2 Å². The van der Waals surface area contributed by atoms with Gasteiger partial charge >= 0.3 is 0 Å². The van der Waals surface area contributed by atoms with Crippen LogP contribution in [0.25, 0.3) is 22.5 Å². The highest BCUT2D eigenvalue weighted by Crippen LogP contribution is 2.42. The molecule has 4 rings (SSSR count). The Hall–Kier alpha value is -3.28. The number of nitrogens with one attached hydrogen (secondary N) is 1. The number of methoxy groups -OCH3 is 1. The number of benzene rings is 2. The van der Waals surface area contributed by atoms with Crippen molar-refractivity contribution in [2.45, 2.75) is 6.92 Å². The van der Waals surface area contributed by atoms with Crippen LogP contribution in [0.4, 0.5) is 0 Å². The van der Waals surface area contributed by atoms with Gasteiger partial charge in [-0.15, -0.1) is 0 Å². The van der Waals surface area contributed by atoms with E-state index in [2.05, 4.69) is 9.97 Å². The highest BCUT2D eigenvalue weighted by atomic mass is 16.7. The van der Waals surface area contributed by atoms with Crippen molar-refractivity contribution in [3.63, 3.8) is 0 Å². The van der Waals surface area contributed by atoms with Gasteiger partial charge in [0.1, 0.15) is 11.6 Å². The minimum atomic E-state index is -0.163. The van der Waals surface area contributed by atoms with Crippen molar-refractivity contribution < 1.29 is 14.2 Å². The molecule has 3 aromatic rings. The molecule has 0 bridgehead atoms. The molecule has 0 saturated carbocycles. The molecule has 6 heteroatoms. The van der Waals surface area contributed by atoms with Crippen molar-refractivity contribution in [2.24, 2.45) is 0 Å². The summed E-state index contributed by atoms with van der Waals surface area (Å²) in [4.78, 5) is 18.8. The number of rotatable bonds is 3. The van der Waals surface area contributed by atoms with Gasteiger partial charge in [0.15, 0.2) is 11.5 Å². The van der Waals surface area contributed by atoms with E-state index in [1.54, 1.807) is 14.0 Å². The average molecular weight is 336 g/mol. The fourth-order valence-electron chi connectivity index (χ4n) is 2.84. The molecule has 0 aliphatic carbocycles. The van der Waals surface area contributed by atoms with E-state index in [9.17, 15) is 4.79 Å². The molecular formula is C19H16N2O4. The fourth-order valence-corrected chi connectivity index (χ4v) is 2.84. The molecule has 1 aliphatic heterocycles. The highest BCUT2D eigenvalue weighted by Gasteiger charge is 2.18. The van der Waals surface area contributed by atoms with Gasteiger partial charge in [0.2, 0.25) is 6.79 Å². The van der Waals surface area contributed by atoms with Crippen LogP contribution >= 0.6 is 0 Å². The smallest absolute Gasteiger partial charge is 0.251 e. The first-order valence-corrected chi connectivity index (χ1v) is 7.80.